The summed E-state index contributed by atoms with van der Waals surface area (Å²) in [6, 6.07) is 19.7. The molecule has 2 aromatic carbocycles. The fraction of sp³-hybridized carbons (Fsp3) is 0.158. The van der Waals surface area contributed by atoms with Crippen molar-refractivity contribution >= 4 is 23.3 Å². The molecule has 0 radical (unpaired) electrons. The van der Waals surface area contributed by atoms with Crippen LogP contribution in [0.25, 0.3) is 0 Å². The smallest absolute Gasteiger partial charge is 0.320 e. The van der Waals surface area contributed by atoms with E-state index in [9.17, 15) is 4.79 Å². The minimum absolute atomic E-state index is 0.0551. The van der Waals surface area contributed by atoms with E-state index >= 15 is 0 Å². The zero-order valence-electron chi connectivity index (χ0n) is 14.0. The van der Waals surface area contributed by atoms with Crippen molar-refractivity contribution in [3.8, 4) is 0 Å². The number of para-hydroxylation sites is 1. The van der Waals surface area contributed by atoms with Crippen molar-refractivity contribution in [1.29, 1.82) is 0 Å². The summed E-state index contributed by atoms with van der Waals surface area (Å²) >= 11 is 0. The molecule has 4 rings (SSSR count). The number of hydrogen-bond acceptors (Lipinski definition) is 6. The van der Waals surface area contributed by atoms with Gasteiger partial charge in [0.15, 0.2) is 0 Å². The van der Waals surface area contributed by atoms with Crippen LogP contribution in [0, 0.1) is 0 Å². The molecule has 1 aromatic heterocycles. The molecule has 0 fully saturated rings. The zero-order chi connectivity index (χ0) is 17.8. The maximum absolute atomic E-state index is 12.2. The predicted octanol–water partition coefficient (Wildman–Crippen LogP) is 3.34. The molecule has 7 heteroatoms. The first-order valence-electron chi connectivity index (χ1n) is 8.36. The van der Waals surface area contributed by atoms with Gasteiger partial charge in [-0.05, 0) is 17.7 Å². The molecule has 0 aliphatic carbocycles. The number of benzene rings is 2. The molecule has 0 unspecified atom stereocenters. The van der Waals surface area contributed by atoms with Crippen LogP contribution < -0.4 is 5.32 Å². The van der Waals surface area contributed by atoms with Crippen molar-refractivity contribution < 1.29 is 9.21 Å². The maximum atomic E-state index is 12.2. The van der Waals surface area contributed by atoms with Gasteiger partial charge in [-0.2, -0.15) is 5.10 Å². The van der Waals surface area contributed by atoms with Gasteiger partial charge >= 0.3 is 6.01 Å². The van der Waals surface area contributed by atoms with E-state index in [1.165, 1.54) is 5.01 Å². The first kappa shape index (κ1) is 16.0. The first-order valence-corrected chi connectivity index (χ1v) is 8.36. The van der Waals surface area contributed by atoms with Crippen LogP contribution in [0.15, 0.2) is 70.2 Å². The third-order valence-corrected chi connectivity index (χ3v) is 3.99. The lowest BCUT2D eigenvalue weighted by atomic mass is 10.0. The van der Waals surface area contributed by atoms with Gasteiger partial charge in [0, 0.05) is 18.5 Å². The Hall–Kier alpha value is -3.48. The van der Waals surface area contributed by atoms with Gasteiger partial charge in [-0.1, -0.05) is 53.6 Å². The second kappa shape index (κ2) is 7.18. The van der Waals surface area contributed by atoms with E-state index < -0.39 is 0 Å². The van der Waals surface area contributed by atoms with Crippen molar-refractivity contribution in [2.45, 2.75) is 19.4 Å². The summed E-state index contributed by atoms with van der Waals surface area (Å²) in [4.78, 5) is 12.2. The van der Waals surface area contributed by atoms with Gasteiger partial charge in [0.1, 0.15) is 6.54 Å². The minimum Gasteiger partial charge on any atom is -0.406 e. The molecular weight excluding hydrogens is 330 g/mol. The molecule has 7 nitrogen and oxygen atoms in total. The lowest BCUT2D eigenvalue weighted by Gasteiger charge is -2.22. The number of carbonyl (C=O) groups excluding carboxylic acids is 1. The Morgan fingerprint density at radius 1 is 0.962 bits per heavy atom. The number of rotatable bonds is 5. The molecule has 0 saturated heterocycles. The summed E-state index contributed by atoms with van der Waals surface area (Å²) in [7, 11) is 0. The van der Waals surface area contributed by atoms with E-state index in [1.54, 1.807) is 0 Å². The van der Waals surface area contributed by atoms with Gasteiger partial charge in [-0.3, -0.25) is 4.79 Å². The standard InChI is InChI=1S/C19H17N5O2/c25-18-12-11-16(14-7-3-1-4-8-14)23-24(18)13-17-21-22-19(26-17)20-15-9-5-2-6-10-15/h1-10H,11-13H2,(H,20,22). The topological polar surface area (TPSA) is 83.6 Å². The molecule has 0 saturated carbocycles. The Labute approximate surface area is 150 Å². The lowest BCUT2D eigenvalue weighted by Crippen LogP contribution is -2.31. The molecule has 1 aliphatic rings. The van der Waals surface area contributed by atoms with Crippen LogP contribution in [0.2, 0.25) is 0 Å². The van der Waals surface area contributed by atoms with Gasteiger partial charge in [0.25, 0.3) is 0 Å². The predicted molar refractivity (Wildman–Crippen MR) is 96.8 cm³/mol. The molecule has 1 N–H and O–H groups in total. The van der Waals surface area contributed by atoms with Gasteiger partial charge < -0.3 is 9.73 Å². The van der Waals surface area contributed by atoms with Crippen molar-refractivity contribution in [3.63, 3.8) is 0 Å². The van der Waals surface area contributed by atoms with Gasteiger partial charge in [0.2, 0.25) is 11.8 Å². The van der Waals surface area contributed by atoms with Crippen LogP contribution in [0.3, 0.4) is 0 Å². The fourth-order valence-corrected chi connectivity index (χ4v) is 2.70. The third-order valence-electron chi connectivity index (χ3n) is 3.99. The number of aromatic nitrogens is 2. The maximum Gasteiger partial charge on any atom is 0.320 e. The lowest BCUT2D eigenvalue weighted by molar-refractivity contribution is -0.132. The van der Waals surface area contributed by atoms with E-state index in [-0.39, 0.29) is 18.5 Å². The van der Waals surface area contributed by atoms with Crippen LogP contribution in [0.1, 0.15) is 24.3 Å². The zero-order valence-corrected chi connectivity index (χ0v) is 14.0. The van der Waals surface area contributed by atoms with E-state index in [1.807, 2.05) is 60.7 Å². The van der Waals surface area contributed by atoms with Crippen LogP contribution >= 0.6 is 0 Å². The molecule has 1 amide bonds. The minimum atomic E-state index is -0.0551. The number of anilines is 2. The second-order valence-corrected chi connectivity index (χ2v) is 5.86. The molecular formula is C19H17N5O2. The summed E-state index contributed by atoms with van der Waals surface area (Å²) < 4.78 is 5.58. The summed E-state index contributed by atoms with van der Waals surface area (Å²) in [5.74, 6) is 0.273. The number of hydrazone groups is 1. The van der Waals surface area contributed by atoms with E-state index in [2.05, 4.69) is 20.6 Å². The average Bonchev–Trinajstić information content (AvgIpc) is 3.12. The molecule has 130 valence electrons. The van der Waals surface area contributed by atoms with Crippen LogP contribution in [-0.4, -0.2) is 26.8 Å². The van der Waals surface area contributed by atoms with E-state index in [0.717, 1.165) is 17.0 Å². The van der Waals surface area contributed by atoms with Crippen LogP contribution in [-0.2, 0) is 11.3 Å². The largest absolute Gasteiger partial charge is 0.406 e. The molecule has 26 heavy (non-hydrogen) atoms. The first-order chi connectivity index (χ1) is 12.8. The van der Waals surface area contributed by atoms with Gasteiger partial charge in [-0.25, -0.2) is 5.01 Å². The number of nitrogens with zero attached hydrogens (tertiary/aromatic N) is 4. The summed E-state index contributed by atoms with van der Waals surface area (Å²) in [6.45, 7) is 0.151. The van der Waals surface area contributed by atoms with Crippen molar-refractivity contribution in [2.24, 2.45) is 5.10 Å². The molecule has 0 bridgehead atoms. The molecule has 3 aromatic rings. The highest BCUT2D eigenvalue weighted by molar-refractivity contribution is 6.04. The molecule has 0 spiro atoms. The SMILES string of the molecule is O=C1CCC(c2ccccc2)=NN1Cc1nnc(Nc2ccccc2)o1. The average molecular weight is 347 g/mol. The van der Waals surface area contributed by atoms with Crippen LogP contribution in [0.5, 0.6) is 0 Å². The number of hydrogen-bond donors (Lipinski definition) is 1. The van der Waals surface area contributed by atoms with Crippen molar-refractivity contribution in [1.82, 2.24) is 15.2 Å². The Kier molecular flexibility index (Phi) is 4.42. The van der Waals surface area contributed by atoms with E-state index in [0.29, 0.717) is 18.7 Å². The quantitative estimate of drug-likeness (QED) is 0.765. The van der Waals surface area contributed by atoms with Gasteiger partial charge in [-0.15, -0.1) is 5.10 Å². The third kappa shape index (κ3) is 3.61. The fourth-order valence-electron chi connectivity index (χ4n) is 2.70. The van der Waals surface area contributed by atoms with E-state index in [4.69, 9.17) is 4.42 Å². The highest BCUT2D eigenvalue weighted by Gasteiger charge is 2.23. The monoisotopic (exact) mass is 347 g/mol. The second-order valence-electron chi connectivity index (χ2n) is 5.86. The number of nitrogens with one attached hydrogen (secondary N) is 1. The normalized spacial score (nSPS) is 14.2. The van der Waals surface area contributed by atoms with Crippen molar-refractivity contribution in [2.75, 3.05) is 5.32 Å². The summed E-state index contributed by atoms with van der Waals surface area (Å²) in [5.41, 5.74) is 2.75. The highest BCUT2D eigenvalue weighted by Crippen LogP contribution is 2.19. The number of carbonyl (C=O) groups is 1. The summed E-state index contributed by atoms with van der Waals surface area (Å²) in [5, 5.41) is 16.9. The Bertz CT molecular complexity index is 921. The van der Waals surface area contributed by atoms with Crippen molar-refractivity contribution in [3.05, 3.63) is 72.1 Å². The Balaban J connectivity index is 1.48. The Morgan fingerprint density at radius 3 is 2.46 bits per heavy atom. The summed E-state index contributed by atoms with van der Waals surface area (Å²) in [6.07, 6.45) is 1.04. The van der Waals surface area contributed by atoms with Gasteiger partial charge in [0.05, 0.1) is 5.71 Å². The highest BCUT2D eigenvalue weighted by atomic mass is 16.4. The van der Waals surface area contributed by atoms with Crippen LogP contribution in [0.4, 0.5) is 11.7 Å². The molecule has 1 aliphatic heterocycles. The Morgan fingerprint density at radius 2 is 1.69 bits per heavy atom. The molecule has 2 heterocycles. The molecule has 0 atom stereocenters. The number of amides is 1.